The standard InChI is InChI=1S/C45H36N2O4.C24BF20.C16H18I.CH4.BH5P/c1-49-41-25-13-33(14-26-41)45(48)34-15-27-43(28-16-34)51-44-31-23-40(24-32-44)47(36-11-7-4-8-12-36)38-19-17-37(18-20-38)46(35-9-5-3-6-10-35)39-21-29-42(50-2)30-22-39;26-5-1(6(27)14(35)21(42)13(5)34)25(2-7(28)15(36)22(43)16(37)8(2)29,3-9(30)17(38)23(44)18(39)10(3)31)4-11(32)19(40)24(45)20(41)12(4)33;1-12(2)14-6-10-16(11-7-14)17-15-8-4-13(3)5-9-15;;1-2/h3-32H,1-2H3;;4-12H,1-3H3;1H4;2H2,1H3/q;-1;+1;;-1. The average Bonchev–Trinajstić information content (AvgIpc) is 0.680. The van der Waals surface area contributed by atoms with Gasteiger partial charge in [0.1, 0.15) is 75.7 Å². The molecule has 0 fully saturated rings. The lowest BCUT2D eigenvalue weighted by Gasteiger charge is -2.44. The van der Waals surface area contributed by atoms with Gasteiger partial charge in [0.05, 0.1) is 14.2 Å². The number of ketones is 1. The number of rotatable bonds is 19. The van der Waals surface area contributed by atoms with Gasteiger partial charge in [0.25, 0.3) is 0 Å². The maximum absolute atomic E-state index is 15.4. The Labute approximate surface area is 666 Å². The number of carbonyl (C=O) groups is 1. The first-order valence-electron chi connectivity index (χ1n) is 33.5. The van der Waals surface area contributed by atoms with Crippen LogP contribution in [0.15, 0.2) is 231 Å². The maximum Gasteiger partial charge on any atom is 0.357 e. The highest BCUT2D eigenvalue weighted by Gasteiger charge is 2.52. The number of aryl methyl sites for hydroxylation is 1. The highest BCUT2D eigenvalue weighted by atomic mass is 127. The highest BCUT2D eigenvalue weighted by Crippen LogP contribution is 2.41. The average molecular weight is 1750 g/mol. The molecule has 0 saturated heterocycles. The zero-order valence-electron chi connectivity index (χ0n) is 59.6. The fourth-order valence-corrected chi connectivity index (χ4v) is 14.6. The molecule has 0 bridgehead atoms. The Bertz CT molecular complexity index is 5260. The molecule has 600 valence electrons. The van der Waals surface area contributed by atoms with Crippen molar-refractivity contribution >= 4 is 84.6 Å². The molecule has 13 rings (SSSR count). The number of halogens is 21. The molecule has 0 aliphatic heterocycles. The van der Waals surface area contributed by atoms with Gasteiger partial charge in [-0.15, -0.1) is 21.9 Å². The zero-order chi connectivity index (χ0) is 83.6. The quantitative estimate of drug-likeness (QED) is 0.0153. The van der Waals surface area contributed by atoms with E-state index in [1.165, 1.54) is 18.3 Å². The van der Waals surface area contributed by atoms with Crippen LogP contribution in [0.5, 0.6) is 23.0 Å². The van der Waals surface area contributed by atoms with Crippen molar-refractivity contribution in [2.24, 2.45) is 0 Å². The van der Waals surface area contributed by atoms with Crippen LogP contribution in [-0.4, -0.2) is 33.7 Å². The van der Waals surface area contributed by atoms with Crippen molar-refractivity contribution in [1.29, 1.82) is 0 Å². The Hall–Kier alpha value is -11.6. The fraction of sp³-hybridized carbons (Fsp3) is 0.0814. The third kappa shape index (κ3) is 17.9. The van der Waals surface area contributed by atoms with Crippen LogP contribution in [0, 0.1) is 130 Å². The topological polar surface area (TPSA) is 51.2 Å². The molecule has 13 aromatic carbocycles. The Morgan fingerprint density at radius 2 is 0.543 bits per heavy atom. The second-order valence-corrected chi connectivity index (χ2v) is 28.2. The first kappa shape index (κ1) is 88.4. The molecule has 0 heterocycles. The van der Waals surface area contributed by atoms with Crippen LogP contribution in [0.1, 0.15) is 54.2 Å². The Balaban J connectivity index is 0.000000216. The van der Waals surface area contributed by atoms with Gasteiger partial charge in [-0.3, -0.25) is 4.79 Å². The van der Waals surface area contributed by atoms with Crippen LogP contribution < -0.4 is 67.1 Å². The molecule has 0 aliphatic carbocycles. The van der Waals surface area contributed by atoms with E-state index in [0.29, 0.717) is 41.9 Å². The summed E-state index contributed by atoms with van der Waals surface area (Å²) in [7, 11) is 6.61. The van der Waals surface area contributed by atoms with Crippen molar-refractivity contribution in [3.63, 3.8) is 0 Å². The highest BCUT2D eigenvalue weighted by molar-refractivity contribution is 7.49. The summed E-state index contributed by atoms with van der Waals surface area (Å²) in [4.78, 5) is 17.4. The minimum absolute atomic E-state index is 0. The van der Waals surface area contributed by atoms with Crippen molar-refractivity contribution in [3.8, 4) is 23.0 Å². The molecule has 6 nitrogen and oxygen atoms in total. The first-order valence-corrected chi connectivity index (χ1v) is 35.7. The van der Waals surface area contributed by atoms with E-state index in [2.05, 4.69) is 149 Å². The number of hydrogen-bond donors (Lipinski definition) is 0. The summed E-state index contributed by atoms with van der Waals surface area (Å²) in [6.45, 7) is 6.62. The number of benzene rings is 13. The first-order chi connectivity index (χ1) is 54.9. The SMILES string of the molecule is C.COc1ccc(C(=O)c2ccc(Oc3ccc(N(c4ccccc4)c4ccc(N(c5ccccc5)c5ccc(OC)cc5)cc4)cc3)cc2)cc1.Cc1ccc([I+]c2ccc(C(C)C)cc2)cc1.Fc1c(F)c(F)c([B-](c2c(F)c(F)c(F)c(F)c2F)(c2c(F)c(F)c(F)c(F)c2F)c2c(F)c(F)c(F)c(F)c2F)c(F)c1F.[BH3-]P. The van der Waals surface area contributed by atoms with Gasteiger partial charge < -0.3 is 33.1 Å². The van der Waals surface area contributed by atoms with Gasteiger partial charge >= 0.3 is 21.2 Å². The van der Waals surface area contributed by atoms with E-state index in [1.807, 2.05) is 84.9 Å². The normalized spacial score (nSPS) is 11.0. The smallest absolute Gasteiger partial charge is 0.357 e. The van der Waals surface area contributed by atoms with Crippen LogP contribution >= 0.6 is 9.12 Å². The van der Waals surface area contributed by atoms with Crippen LogP contribution in [-0.2, 0) is 0 Å². The molecule has 0 saturated carbocycles. The second-order valence-electron chi connectivity index (χ2n) is 25.1. The minimum Gasteiger partial charge on any atom is -0.497 e. The van der Waals surface area contributed by atoms with E-state index >= 15 is 35.1 Å². The summed E-state index contributed by atoms with van der Waals surface area (Å²) >= 11 is -0.0167. The zero-order valence-corrected chi connectivity index (χ0v) is 62.9. The van der Waals surface area contributed by atoms with E-state index in [4.69, 9.17) is 14.2 Å². The second kappa shape index (κ2) is 38.2. The number of methoxy groups -OCH3 is 2. The largest absolute Gasteiger partial charge is 0.497 e. The fourth-order valence-electron chi connectivity index (χ4n) is 12.4. The van der Waals surface area contributed by atoms with Gasteiger partial charge in [-0.2, -0.15) is 0 Å². The summed E-state index contributed by atoms with van der Waals surface area (Å²) < 4.78 is 314. The van der Waals surface area contributed by atoms with E-state index < -0.39 is 144 Å². The van der Waals surface area contributed by atoms with E-state index in [1.54, 1.807) is 50.6 Å². The van der Waals surface area contributed by atoms with Gasteiger partial charge in [-0.05, 0) is 196 Å². The Morgan fingerprint density at radius 1 is 0.319 bits per heavy atom. The molecule has 1 atom stereocenters. The molecule has 30 heteroatoms. The predicted molar refractivity (Wildman–Crippen MR) is 410 cm³/mol. The lowest BCUT2D eigenvalue weighted by molar-refractivity contribution is -0.597. The number of carbonyl (C=O) groups excluding carboxylic acids is 1. The molecule has 0 spiro atoms. The molecule has 0 N–H and O–H groups in total. The van der Waals surface area contributed by atoms with Gasteiger partial charge in [0.2, 0.25) is 0 Å². The van der Waals surface area contributed by atoms with Gasteiger partial charge in [0.15, 0.2) is 82.7 Å². The molecule has 0 aliphatic rings. The molecule has 0 radical (unpaired) electrons. The Kier molecular flexibility index (Phi) is 29.1. The number of ether oxygens (including phenoxy) is 3. The van der Waals surface area contributed by atoms with Crippen molar-refractivity contribution in [1.82, 2.24) is 0 Å². The number of hydrogen-bond acceptors (Lipinski definition) is 6. The van der Waals surface area contributed by atoms with Crippen molar-refractivity contribution in [3.05, 3.63) is 376 Å². The summed E-state index contributed by atoms with van der Waals surface area (Å²) in [5, 5.41) is 0. The Morgan fingerprint density at radius 3 is 0.810 bits per heavy atom. The maximum atomic E-state index is 15.4. The monoisotopic (exact) mass is 1750 g/mol. The van der Waals surface area contributed by atoms with Crippen molar-refractivity contribution in [2.75, 3.05) is 24.0 Å². The summed E-state index contributed by atoms with van der Waals surface area (Å²) in [6.07, 6.45) is -7.22. The van der Waals surface area contributed by atoms with Gasteiger partial charge in [-0.25, -0.2) is 87.8 Å². The third-order valence-electron chi connectivity index (χ3n) is 18.0. The van der Waals surface area contributed by atoms with Crippen molar-refractivity contribution in [2.45, 2.75) is 34.1 Å². The number of para-hydroxylation sites is 2. The van der Waals surface area contributed by atoms with E-state index in [-0.39, 0.29) is 34.4 Å². The summed E-state index contributed by atoms with van der Waals surface area (Å²) in [6, 6.07) is 77.6. The third-order valence-corrected chi connectivity index (χ3v) is 20.7. The molecule has 0 aromatic heterocycles. The lowest BCUT2D eigenvalue weighted by atomic mass is 9.12. The predicted octanol–water partition coefficient (Wildman–Crippen LogP) is 18.5. The van der Waals surface area contributed by atoms with Crippen LogP contribution in [0.4, 0.5) is 122 Å². The van der Waals surface area contributed by atoms with E-state index in [0.717, 1.165) is 39.9 Å². The van der Waals surface area contributed by atoms with Crippen molar-refractivity contribution < 1.29 is 128 Å². The molecule has 116 heavy (non-hydrogen) atoms. The molecule has 1 unspecified atom stereocenters. The van der Waals surface area contributed by atoms with Crippen LogP contribution in [0.25, 0.3) is 0 Å². The molecule has 13 aromatic rings. The van der Waals surface area contributed by atoms with Crippen LogP contribution in [0.3, 0.4) is 0 Å². The van der Waals surface area contributed by atoms with Crippen LogP contribution in [0.2, 0.25) is 0 Å². The molecular weight excluding hydrogens is 1680 g/mol. The van der Waals surface area contributed by atoms with Gasteiger partial charge in [-0.1, -0.05) is 87.5 Å². The lowest BCUT2D eigenvalue weighted by Crippen LogP contribution is -3.61. The number of nitrogens with zero attached hydrogens (tertiary/aromatic N) is 2. The van der Waals surface area contributed by atoms with Gasteiger partial charge in [0, 0.05) is 45.3 Å². The summed E-state index contributed by atoms with van der Waals surface area (Å²) in [5.41, 5.74) is -4.22. The molecule has 0 amide bonds. The van der Waals surface area contributed by atoms with E-state index in [9.17, 15) is 57.5 Å². The molecular formula is C86H63B2F20IN2O4P-. The minimum atomic E-state index is -7.22. The number of anilines is 6. The summed E-state index contributed by atoms with van der Waals surface area (Å²) in [5.74, 6) is -68.0.